The molecule has 1 N–H and O–H groups in total. The molecule has 0 aliphatic carbocycles. The molecule has 0 saturated carbocycles. The molecule has 0 aromatic rings. The van der Waals surface area contributed by atoms with Gasteiger partial charge in [0.05, 0.1) is 6.61 Å². The number of hydrogen-bond donors (Lipinski definition) is 1. The highest BCUT2D eigenvalue weighted by Gasteiger charge is 2.40. The molecule has 1 heterocycles. The van der Waals surface area contributed by atoms with Crippen LogP contribution in [0.4, 0.5) is 0 Å². The summed E-state index contributed by atoms with van der Waals surface area (Å²) < 4.78 is 4.99. The zero-order valence-electron chi connectivity index (χ0n) is 11.0. The van der Waals surface area contributed by atoms with Crippen molar-refractivity contribution in [2.24, 2.45) is 5.92 Å². The van der Waals surface area contributed by atoms with Crippen molar-refractivity contribution < 1.29 is 14.3 Å². The minimum absolute atomic E-state index is 0.00324. The number of piperazine rings is 1. The summed E-state index contributed by atoms with van der Waals surface area (Å²) in [7, 11) is 1.59. The van der Waals surface area contributed by atoms with Crippen molar-refractivity contribution in [2.75, 3.05) is 20.3 Å². The number of rotatable bonds is 5. The molecule has 0 bridgehead atoms. The molecule has 1 aliphatic heterocycles. The van der Waals surface area contributed by atoms with Gasteiger partial charge in [-0.25, -0.2) is 0 Å². The number of nitrogens with one attached hydrogen (secondary N) is 1. The zero-order valence-corrected chi connectivity index (χ0v) is 11.0. The smallest absolute Gasteiger partial charge is 0.246 e. The van der Waals surface area contributed by atoms with Gasteiger partial charge in [0.15, 0.2) is 0 Å². The summed E-state index contributed by atoms with van der Waals surface area (Å²) in [6.07, 6.45) is 0.631. The van der Waals surface area contributed by atoms with Crippen molar-refractivity contribution in [3.05, 3.63) is 0 Å². The van der Waals surface area contributed by atoms with Gasteiger partial charge < -0.3 is 15.0 Å². The number of nitrogens with zero attached hydrogens (tertiary/aromatic N) is 1. The predicted molar refractivity (Wildman–Crippen MR) is 64.4 cm³/mol. The molecular formula is C12H22N2O3. The lowest BCUT2D eigenvalue weighted by Gasteiger charge is -2.39. The van der Waals surface area contributed by atoms with Crippen LogP contribution in [0.5, 0.6) is 0 Å². The quantitative estimate of drug-likeness (QED) is 0.759. The molecule has 17 heavy (non-hydrogen) atoms. The first-order valence-corrected chi connectivity index (χ1v) is 6.12. The first-order chi connectivity index (χ1) is 8.02. The van der Waals surface area contributed by atoms with Crippen molar-refractivity contribution in [3.8, 4) is 0 Å². The van der Waals surface area contributed by atoms with Gasteiger partial charge in [0.25, 0.3) is 0 Å². The lowest BCUT2D eigenvalue weighted by molar-refractivity contribution is -0.151. The molecule has 2 amide bonds. The molecular weight excluding hydrogens is 220 g/mol. The lowest BCUT2D eigenvalue weighted by Crippen LogP contribution is -2.64. The van der Waals surface area contributed by atoms with Crippen LogP contribution in [0.15, 0.2) is 0 Å². The molecule has 2 atom stereocenters. The fourth-order valence-corrected chi connectivity index (χ4v) is 2.10. The SMILES string of the molecule is CCC1C(=O)NC(C(C)C)C(=O)N1CCOC. The van der Waals surface area contributed by atoms with Crippen LogP contribution in [0.1, 0.15) is 27.2 Å². The topological polar surface area (TPSA) is 58.6 Å². The highest BCUT2D eigenvalue weighted by molar-refractivity contribution is 5.97. The van der Waals surface area contributed by atoms with Gasteiger partial charge in [0.2, 0.25) is 11.8 Å². The highest BCUT2D eigenvalue weighted by Crippen LogP contribution is 2.17. The molecule has 5 heteroatoms. The van der Waals surface area contributed by atoms with Gasteiger partial charge >= 0.3 is 0 Å². The standard InChI is InChI=1S/C12H22N2O3/c1-5-9-11(15)13-10(8(2)3)12(16)14(9)6-7-17-4/h8-10H,5-7H2,1-4H3,(H,13,15). The van der Waals surface area contributed by atoms with Gasteiger partial charge in [-0.15, -0.1) is 0 Å². The highest BCUT2D eigenvalue weighted by atomic mass is 16.5. The van der Waals surface area contributed by atoms with E-state index >= 15 is 0 Å². The first-order valence-electron chi connectivity index (χ1n) is 6.12. The maximum atomic E-state index is 12.2. The number of carbonyl (C=O) groups excluding carboxylic acids is 2. The van der Waals surface area contributed by atoms with Crippen LogP contribution >= 0.6 is 0 Å². The largest absolute Gasteiger partial charge is 0.383 e. The molecule has 1 aliphatic rings. The van der Waals surface area contributed by atoms with E-state index in [0.717, 1.165) is 0 Å². The molecule has 1 saturated heterocycles. The second kappa shape index (κ2) is 6.00. The number of ether oxygens (including phenoxy) is 1. The van der Waals surface area contributed by atoms with Crippen molar-refractivity contribution in [1.29, 1.82) is 0 Å². The number of carbonyl (C=O) groups is 2. The Bertz CT molecular complexity index is 291. The summed E-state index contributed by atoms with van der Waals surface area (Å²) in [5.74, 6) is 0.0553. The summed E-state index contributed by atoms with van der Waals surface area (Å²) in [6, 6.07) is -0.755. The molecule has 1 fully saturated rings. The second-order valence-electron chi connectivity index (χ2n) is 4.68. The Labute approximate surface area is 102 Å². The molecule has 0 radical (unpaired) electrons. The van der Waals surface area contributed by atoms with Crippen molar-refractivity contribution >= 4 is 11.8 Å². The normalized spacial score (nSPS) is 25.4. The Balaban J connectivity index is 2.84. The molecule has 98 valence electrons. The van der Waals surface area contributed by atoms with E-state index in [9.17, 15) is 9.59 Å². The summed E-state index contributed by atoms with van der Waals surface area (Å²) >= 11 is 0. The van der Waals surface area contributed by atoms with E-state index in [1.165, 1.54) is 0 Å². The van der Waals surface area contributed by atoms with E-state index in [2.05, 4.69) is 5.32 Å². The van der Waals surface area contributed by atoms with Crippen molar-refractivity contribution in [3.63, 3.8) is 0 Å². The van der Waals surface area contributed by atoms with Crippen LogP contribution in [0, 0.1) is 5.92 Å². The lowest BCUT2D eigenvalue weighted by atomic mass is 9.97. The molecule has 2 unspecified atom stereocenters. The summed E-state index contributed by atoms with van der Waals surface area (Å²) in [4.78, 5) is 25.8. The fraction of sp³-hybridized carbons (Fsp3) is 0.833. The summed E-state index contributed by atoms with van der Waals surface area (Å²) in [5, 5.41) is 2.80. The van der Waals surface area contributed by atoms with Crippen LogP contribution in [0.3, 0.4) is 0 Å². The average Bonchev–Trinajstić information content (AvgIpc) is 2.29. The first kappa shape index (κ1) is 14.0. The zero-order chi connectivity index (χ0) is 13.0. The third-order valence-corrected chi connectivity index (χ3v) is 3.12. The van der Waals surface area contributed by atoms with Crippen molar-refractivity contribution in [1.82, 2.24) is 10.2 Å². The van der Waals surface area contributed by atoms with Gasteiger partial charge in [0.1, 0.15) is 12.1 Å². The van der Waals surface area contributed by atoms with E-state index in [-0.39, 0.29) is 23.8 Å². The summed E-state index contributed by atoms with van der Waals surface area (Å²) in [5.41, 5.74) is 0. The molecule has 0 spiro atoms. The maximum Gasteiger partial charge on any atom is 0.246 e. The predicted octanol–water partition coefficient (Wildman–Crippen LogP) is 0.394. The maximum absolute atomic E-state index is 12.2. The van der Waals surface area contributed by atoms with Crippen LogP contribution in [0.2, 0.25) is 0 Å². The van der Waals surface area contributed by atoms with Gasteiger partial charge in [0, 0.05) is 13.7 Å². The van der Waals surface area contributed by atoms with Crippen LogP contribution in [0.25, 0.3) is 0 Å². The molecule has 0 aromatic heterocycles. The number of amides is 2. The van der Waals surface area contributed by atoms with E-state index in [1.807, 2.05) is 20.8 Å². The monoisotopic (exact) mass is 242 g/mol. The molecule has 0 aromatic carbocycles. The van der Waals surface area contributed by atoms with Gasteiger partial charge in [-0.2, -0.15) is 0 Å². The minimum atomic E-state index is -0.401. The van der Waals surface area contributed by atoms with E-state index in [4.69, 9.17) is 4.74 Å². The average molecular weight is 242 g/mol. The third kappa shape index (κ3) is 2.97. The Hall–Kier alpha value is -1.10. The van der Waals surface area contributed by atoms with Gasteiger partial charge in [-0.05, 0) is 12.3 Å². The Morgan fingerprint density at radius 1 is 1.41 bits per heavy atom. The third-order valence-electron chi connectivity index (χ3n) is 3.12. The fourth-order valence-electron chi connectivity index (χ4n) is 2.10. The summed E-state index contributed by atoms with van der Waals surface area (Å²) in [6.45, 7) is 6.71. The Morgan fingerprint density at radius 2 is 2.06 bits per heavy atom. The Morgan fingerprint density at radius 3 is 2.53 bits per heavy atom. The van der Waals surface area contributed by atoms with Gasteiger partial charge in [-0.1, -0.05) is 20.8 Å². The minimum Gasteiger partial charge on any atom is -0.383 e. The second-order valence-corrected chi connectivity index (χ2v) is 4.68. The number of hydrogen-bond acceptors (Lipinski definition) is 3. The molecule has 1 rings (SSSR count). The number of methoxy groups -OCH3 is 1. The van der Waals surface area contributed by atoms with Gasteiger partial charge in [-0.3, -0.25) is 9.59 Å². The van der Waals surface area contributed by atoms with E-state index < -0.39 is 6.04 Å². The molecule has 5 nitrogen and oxygen atoms in total. The Kier molecular flexibility index (Phi) is 4.93. The van der Waals surface area contributed by atoms with Crippen molar-refractivity contribution in [2.45, 2.75) is 39.3 Å². The van der Waals surface area contributed by atoms with Crippen LogP contribution < -0.4 is 5.32 Å². The van der Waals surface area contributed by atoms with Crippen LogP contribution in [-0.2, 0) is 14.3 Å². The van der Waals surface area contributed by atoms with E-state index in [0.29, 0.717) is 19.6 Å². The van der Waals surface area contributed by atoms with Crippen LogP contribution in [-0.4, -0.2) is 49.1 Å². The van der Waals surface area contributed by atoms with E-state index in [1.54, 1.807) is 12.0 Å².